The van der Waals surface area contributed by atoms with Gasteiger partial charge in [-0.2, -0.15) is 0 Å². The lowest BCUT2D eigenvalue weighted by atomic mass is 10.0. The number of amides is 1. The van der Waals surface area contributed by atoms with Crippen LogP contribution in [0.25, 0.3) is 0 Å². The molecule has 1 aromatic carbocycles. The number of nitrogens with one attached hydrogen (secondary N) is 2. The third-order valence-electron chi connectivity index (χ3n) is 4.74. The van der Waals surface area contributed by atoms with E-state index in [1.165, 1.54) is 16.0 Å². The molecule has 1 unspecified atom stereocenters. The monoisotopic (exact) mass is 498 g/mol. The zero-order valence-corrected chi connectivity index (χ0v) is 18.9. The molecule has 1 atom stereocenters. The summed E-state index contributed by atoms with van der Waals surface area (Å²) in [4.78, 5) is 20.0. The van der Waals surface area contributed by atoms with Gasteiger partial charge in [0.05, 0.1) is 6.54 Å². The Labute approximate surface area is 182 Å². The number of hydrogen-bond donors (Lipinski definition) is 2. The Morgan fingerprint density at radius 3 is 2.78 bits per heavy atom. The lowest BCUT2D eigenvalue weighted by Gasteiger charge is -2.27. The van der Waals surface area contributed by atoms with Crippen LogP contribution in [0.2, 0.25) is 0 Å². The van der Waals surface area contributed by atoms with Gasteiger partial charge in [-0.3, -0.25) is 9.79 Å². The highest BCUT2D eigenvalue weighted by Crippen LogP contribution is 2.23. The highest BCUT2D eigenvalue weighted by molar-refractivity contribution is 14.0. The van der Waals surface area contributed by atoms with Crippen molar-refractivity contribution >= 4 is 47.2 Å². The van der Waals surface area contributed by atoms with Crippen LogP contribution in [-0.4, -0.2) is 43.4 Å². The second kappa shape index (κ2) is 10.7. The summed E-state index contributed by atoms with van der Waals surface area (Å²) in [5, 5.41) is 8.56. The Bertz CT molecular complexity index is 762. The highest BCUT2D eigenvalue weighted by Gasteiger charge is 2.21. The summed E-state index contributed by atoms with van der Waals surface area (Å²) in [6.45, 7) is 4.72. The third kappa shape index (κ3) is 5.93. The smallest absolute Gasteiger partial charge is 0.242 e. The molecule has 0 spiro atoms. The normalized spacial score (nSPS) is 14.7. The van der Waals surface area contributed by atoms with Gasteiger partial charge in [0.1, 0.15) is 0 Å². The van der Waals surface area contributed by atoms with Crippen LogP contribution in [0.15, 0.2) is 46.8 Å². The molecular weight excluding hydrogens is 471 g/mol. The number of carbonyl (C=O) groups is 1. The van der Waals surface area contributed by atoms with E-state index in [2.05, 4.69) is 58.3 Å². The first-order valence-corrected chi connectivity index (χ1v) is 9.88. The number of nitrogens with zero attached hydrogens (tertiary/aromatic N) is 2. The molecule has 0 saturated carbocycles. The van der Waals surface area contributed by atoms with E-state index in [4.69, 9.17) is 0 Å². The van der Waals surface area contributed by atoms with Crippen LogP contribution in [0.1, 0.15) is 28.8 Å². The van der Waals surface area contributed by atoms with Crippen LogP contribution in [0.3, 0.4) is 0 Å². The van der Waals surface area contributed by atoms with Gasteiger partial charge in [0, 0.05) is 31.6 Å². The molecule has 7 heteroatoms. The molecule has 3 rings (SSSR count). The topological polar surface area (TPSA) is 56.7 Å². The van der Waals surface area contributed by atoms with Crippen molar-refractivity contribution < 1.29 is 4.79 Å². The zero-order valence-electron chi connectivity index (χ0n) is 15.8. The van der Waals surface area contributed by atoms with Crippen molar-refractivity contribution in [2.45, 2.75) is 25.8 Å². The first-order chi connectivity index (χ1) is 12.7. The number of fused-ring (bicyclic) bond motifs is 1. The molecular formula is C20H27IN4OS. The third-order valence-corrected chi connectivity index (χ3v) is 5.76. The summed E-state index contributed by atoms with van der Waals surface area (Å²) in [7, 11) is 1.73. The van der Waals surface area contributed by atoms with E-state index >= 15 is 0 Å². The average Bonchev–Trinajstić information content (AvgIpc) is 3.16. The van der Waals surface area contributed by atoms with Crippen molar-refractivity contribution in [3.63, 3.8) is 0 Å². The zero-order chi connectivity index (χ0) is 18.4. The minimum atomic E-state index is 0. The number of aliphatic imine (C=N–C) groups is 1. The molecule has 5 nitrogen and oxygen atoms in total. The van der Waals surface area contributed by atoms with Crippen LogP contribution < -0.4 is 10.6 Å². The lowest BCUT2D eigenvalue weighted by Crippen LogP contribution is -2.46. The summed E-state index contributed by atoms with van der Waals surface area (Å²) in [5.41, 5.74) is 2.57. The fraction of sp³-hybridized carbons (Fsp3) is 0.400. The molecule has 0 saturated heterocycles. The van der Waals surface area contributed by atoms with Gasteiger partial charge in [-0.25, -0.2) is 0 Å². The number of hydrogen-bond acceptors (Lipinski definition) is 3. The van der Waals surface area contributed by atoms with E-state index in [0.717, 1.165) is 26.1 Å². The molecule has 0 aliphatic carbocycles. The van der Waals surface area contributed by atoms with Crippen LogP contribution in [0.5, 0.6) is 0 Å². The lowest BCUT2D eigenvalue weighted by molar-refractivity contribution is -0.130. The summed E-state index contributed by atoms with van der Waals surface area (Å²) >= 11 is 1.79. The van der Waals surface area contributed by atoms with Crippen LogP contribution in [-0.2, 0) is 17.8 Å². The molecule has 2 N–H and O–H groups in total. The van der Waals surface area contributed by atoms with Crippen molar-refractivity contribution in [1.29, 1.82) is 0 Å². The van der Waals surface area contributed by atoms with E-state index in [0.29, 0.717) is 11.9 Å². The SMILES string of the molecule is CN=C(NCC(=O)N1CCc2sccc2C1)NCC(C)c1ccccc1.I. The highest BCUT2D eigenvalue weighted by atomic mass is 127. The second-order valence-electron chi connectivity index (χ2n) is 6.55. The van der Waals surface area contributed by atoms with Crippen molar-refractivity contribution in [1.82, 2.24) is 15.5 Å². The molecule has 1 aliphatic rings. The molecule has 2 aromatic rings. The molecule has 1 aliphatic heterocycles. The maximum Gasteiger partial charge on any atom is 0.242 e. The fourth-order valence-electron chi connectivity index (χ4n) is 3.10. The van der Waals surface area contributed by atoms with Crippen molar-refractivity contribution in [3.8, 4) is 0 Å². The minimum Gasteiger partial charge on any atom is -0.356 e. The Morgan fingerprint density at radius 1 is 1.26 bits per heavy atom. The van der Waals surface area contributed by atoms with Gasteiger partial charge >= 0.3 is 0 Å². The quantitative estimate of drug-likeness (QED) is 0.378. The summed E-state index contributed by atoms with van der Waals surface area (Å²) in [5.74, 6) is 1.14. The number of benzene rings is 1. The van der Waals surface area contributed by atoms with Gasteiger partial charge in [-0.15, -0.1) is 35.3 Å². The summed E-state index contributed by atoms with van der Waals surface area (Å²) in [6.07, 6.45) is 0.959. The van der Waals surface area contributed by atoms with Crippen LogP contribution in [0, 0.1) is 0 Å². The molecule has 1 amide bonds. The van der Waals surface area contributed by atoms with Gasteiger partial charge in [0.15, 0.2) is 5.96 Å². The molecule has 27 heavy (non-hydrogen) atoms. The van der Waals surface area contributed by atoms with Gasteiger partial charge in [-0.05, 0) is 34.9 Å². The molecule has 0 bridgehead atoms. The average molecular weight is 498 g/mol. The van der Waals surface area contributed by atoms with Crippen LogP contribution in [0.4, 0.5) is 0 Å². The number of carbonyl (C=O) groups excluding carboxylic acids is 1. The molecule has 0 radical (unpaired) electrons. The second-order valence-corrected chi connectivity index (χ2v) is 7.55. The standard InChI is InChI=1S/C20H26N4OS.HI/c1-15(16-6-4-3-5-7-16)12-22-20(21-2)23-13-19(25)24-10-8-18-17(14-24)9-11-26-18;/h3-7,9,11,15H,8,10,12-14H2,1-2H3,(H2,21,22,23);1H. The molecule has 2 heterocycles. The Kier molecular flexibility index (Phi) is 8.56. The largest absolute Gasteiger partial charge is 0.356 e. The number of rotatable bonds is 5. The predicted molar refractivity (Wildman–Crippen MR) is 123 cm³/mol. The molecule has 1 aromatic heterocycles. The van der Waals surface area contributed by atoms with Crippen LogP contribution >= 0.6 is 35.3 Å². The number of halogens is 1. The van der Waals surface area contributed by atoms with Gasteiger partial charge in [0.25, 0.3) is 0 Å². The van der Waals surface area contributed by atoms with E-state index in [-0.39, 0.29) is 36.4 Å². The summed E-state index contributed by atoms with van der Waals surface area (Å²) < 4.78 is 0. The predicted octanol–water partition coefficient (Wildman–Crippen LogP) is 3.22. The maximum atomic E-state index is 12.5. The van der Waals surface area contributed by atoms with Gasteiger partial charge in [-0.1, -0.05) is 37.3 Å². The molecule has 146 valence electrons. The Balaban J connectivity index is 0.00000261. The van der Waals surface area contributed by atoms with E-state index in [1.807, 2.05) is 11.0 Å². The minimum absolute atomic E-state index is 0. The maximum absolute atomic E-state index is 12.5. The van der Waals surface area contributed by atoms with Crippen molar-refractivity contribution in [2.24, 2.45) is 4.99 Å². The van der Waals surface area contributed by atoms with E-state index in [9.17, 15) is 4.79 Å². The van der Waals surface area contributed by atoms with E-state index in [1.54, 1.807) is 18.4 Å². The van der Waals surface area contributed by atoms with Gasteiger partial charge < -0.3 is 15.5 Å². The Hall–Kier alpha value is -1.61. The number of thiophene rings is 1. The molecule has 0 fully saturated rings. The van der Waals surface area contributed by atoms with Crippen molar-refractivity contribution in [3.05, 3.63) is 57.8 Å². The van der Waals surface area contributed by atoms with E-state index < -0.39 is 0 Å². The Morgan fingerprint density at radius 2 is 2.04 bits per heavy atom. The first kappa shape index (κ1) is 21.7. The summed E-state index contributed by atoms with van der Waals surface area (Å²) in [6, 6.07) is 12.5. The van der Waals surface area contributed by atoms with Gasteiger partial charge in [0.2, 0.25) is 5.91 Å². The fourth-order valence-corrected chi connectivity index (χ4v) is 3.99. The van der Waals surface area contributed by atoms with Crippen molar-refractivity contribution in [2.75, 3.05) is 26.7 Å². The first-order valence-electron chi connectivity index (χ1n) is 9.00. The number of guanidine groups is 1.